The van der Waals surface area contributed by atoms with Crippen molar-refractivity contribution in [3.8, 4) is 0 Å². The molecule has 0 atom stereocenters. The number of fused-ring (bicyclic) bond motifs is 1. The minimum absolute atomic E-state index is 0.777. The van der Waals surface area contributed by atoms with E-state index in [-0.39, 0.29) is 0 Å². The van der Waals surface area contributed by atoms with E-state index in [1.165, 1.54) is 23.6 Å². The number of aromatic nitrogens is 1. The lowest BCUT2D eigenvalue weighted by Gasteiger charge is -2.20. The van der Waals surface area contributed by atoms with Gasteiger partial charge in [-0.3, -0.25) is 0 Å². The maximum atomic E-state index is 4.52. The number of hydrogen-bond acceptors (Lipinski definition) is 3. The second kappa shape index (κ2) is 4.94. The van der Waals surface area contributed by atoms with E-state index < -0.39 is 0 Å². The number of pyridine rings is 1. The Morgan fingerprint density at radius 2 is 2.11 bits per heavy atom. The quantitative estimate of drug-likeness (QED) is 0.871. The fourth-order valence-electron chi connectivity index (χ4n) is 2.24. The fraction of sp³-hybridized carbons (Fsp3) is 0.400. The molecule has 3 heteroatoms. The predicted octanol–water partition coefficient (Wildman–Crippen LogP) is 2.42. The number of anilines is 1. The highest BCUT2D eigenvalue weighted by Gasteiger charge is 2.20. The molecule has 1 heterocycles. The van der Waals surface area contributed by atoms with Crippen molar-refractivity contribution in [2.24, 2.45) is 0 Å². The van der Waals surface area contributed by atoms with E-state index in [1.54, 1.807) is 0 Å². The van der Waals surface area contributed by atoms with Crippen LogP contribution in [0.15, 0.2) is 36.5 Å². The normalized spacial score (nSPS) is 14.9. The number of nitrogens with one attached hydrogen (secondary N) is 1. The van der Waals surface area contributed by atoms with Gasteiger partial charge in [0.05, 0.1) is 0 Å². The third-order valence-electron chi connectivity index (χ3n) is 3.47. The zero-order valence-corrected chi connectivity index (χ0v) is 10.8. The predicted molar refractivity (Wildman–Crippen MR) is 76.0 cm³/mol. The largest absolute Gasteiger partial charge is 0.358 e. The topological polar surface area (TPSA) is 28.2 Å². The van der Waals surface area contributed by atoms with E-state index in [4.69, 9.17) is 0 Å². The van der Waals surface area contributed by atoms with Crippen molar-refractivity contribution in [1.82, 2.24) is 10.3 Å². The van der Waals surface area contributed by atoms with Crippen LogP contribution in [0.3, 0.4) is 0 Å². The summed E-state index contributed by atoms with van der Waals surface area (Å²) in [7, 11) is 2.11. The van der Waals surface area contributed by atoms with Gasteiger partial charge in [-0.05, 0) is 24.3 Å². The molecule has 0 aliphatic heterocycles. The van der Waals surface area contributed by atoms with Crippen LogP contribution in [0.2, 0.25) is 0 Å². The Labute approximate surface area is 108 Å². The Morgan fingerprint density at radius 1 is 1.28 bits per heavy atom. The van der Waals surface area contributed by atoms with E-state index >= 15 is 0 Å². The van der Waals surface area contributed by atoms with Gasteiger partial charge in [-0.2, -0.15) is 0 Å². The molecule has 0 radical (unpaired) electrons. The maximum absolute atomic E-state index is 4.52. The van der Waals surface area contributed by atoms with Gasteiger partial charge in [0.15, 0.2) is 0 Å². The Bertz CT molecular complexity index is 529. The van der Waals surface area contributed by atoms with Gasteiger partial charge in [0.2, 0.25) is 0 Å². The molecule has 18 heavy (non-hydrogen) atoms. The van der Waals surface area contributed by atoms with Crippen LogP contribution in [0, 0.1) is 0 Å². The molecular formula is C15H19N3. The van der Waals surface area contributed by atoms with Crippen molar-refractivity contribution in [3.63, 3.8) is 0 Å². The second-order valence-corrected chi connectivity index (χ2v) is 5.01. The van der Waals surface area contributed by atoms with E-state index in [2.05, 4.69) is 52.6 Å². The van der Waals surface area contributed by atoms with Crippen molar-refractivity contribution in [2.45, 2.75) is 18.9 Å². The number of nitrogens with zero attached hydrogens (tertiary/aromatic N) is 2. The van der Waals surface area contributed by atoms with Crippen LogP contribution >= 0.6 is 0 Å². The first-order valence-electron chi connectivity index (χ1n) is 6.63. The molecular weight excluding hydrogens is 222 g/mol. The molecule has 0 bridgehead atoms. The van der Waals surface area contributed by atoms with Crippen molar-refractivity contribution in [3.05, 3.63) is 36.5 Å². The van der Waals surface area contributed by atoms with E-state index in [0.29, 0.717) is 0 Å². The summed E-state index contributed by atoms with van der Waals surface area (Å²) in [5, 5.41) is 6.02. The molecule has 1 aromatic heterocycles. The third kappa shape index (κ3) is 2.46. The third-order valence-corrected chi connectivity index (χ3v) is 3.47. The van der Waals surface area contributed by atoms with Crippen LogP contribution in [-0.4, -0.2) is 31.2 Å². The average molecular weight is 241 g/mol. The van der Waals surface area contributed by atoms with Gasteiger partial charge in [0.25, 0.3) is 0 Å². The summed E-state index contributed by atoms with van der Waals surface area (Å²) in [5.74, 6) is 1.07. The lowest BCUT2D eigenvalue weighted by atomic mass is 10.1. The summed E-state index contributed by atoms with van der Waals surface area (Å²) in [6, 6.07) is 11.3. The highest BCUT2D eigenvalue weighted by molar-refractivity contribution is 5.91. The first kappa shape index (κ1) is 11.5. The molecule has 1 N–H and O–H groups in total. The highest BCUT2D eigenvalue weighted by atomic mass is 15.2. The smallest absolute Gasteiger partial charge is 0.136 e. The fourth-order valence-corrected chi connectivity index (χ4v) is 2.24. The van der Waals surface area contributed by atoms with Gasteiger partial charge < -0.3 is 10.2 Å². The average Bonchev–Trinajstić information content (AvgIpc) is 3.22. The molecule has 94 valence electrons. The zero-order chi connectivity index (χ0) is 12.4. The van der Waals surface area contributed by atoms with Crippen molar-refractivity contribution in [1.29, 1.82) is 0 Å². The first-order valence-corrected chi connectivity index (χ1v) is 6.63. The van der Waals surface area contributed by atoms with E-state index in [1.807, 2.05) is 6.20 Å². The van der Waals surface area contributed by atoms with Gasteiger partial charge in [0, 0.05) is 37.8 Å². The Kier molecular flexibility index (Phi) is 3.15. The summed E-state index contributed by atoms with van der Waals surface area (Å²) in [6.45, 7) is 2.03. The lowest BCUT2D eigenvalue weighted by Crippen LogP contribution is -2.30. The number of benzene rings is 1. The molecule has 1 aliphatic rings. The van der Waals surface area contributed by atoms with Gasteiger partial charge in [0.1, 0.15) is 5.82 Å². The van der Waals surface area contributed by atoms with Crippen LogP contribution in [0.5, 0.6) is 0 Å². The number of likely N-dealkylation sites (N-methyl/N-ethyl adjacent to an activating group) is 1. The molecule has 0 amide bonds. The summed E-state index contributed by atoms with van der Waals surface area (Å²) < 4.78 is 0. The molecule has 0 spiro atoms. The van der Waals surface area contributed by atoms with Crippen LogP contribution in [0.4, 0.5) is 5.82 Å². The Morgan fingerprint density at radius 3 is 2.94 bits per heavy atom. The second-order valence-electron chi connectivity index (χ2n) is 5.01. The molecule has 0 saturated heterocycles. The van der Waals surface area contributed by atoms with Crippen LogP contribution < -0.4 is 10.2 Å². The summed E-state index contributed by atoms with van der Waals surface area (Å²) in [5.41, 5.74) is 0. The molecule has 3 nitrogen and oxygen atoms in total. The molecule has 1 saturated carbocycles. The molecule has 1 fully saturated rings. The van der Waals surface area contributed by atoms with E-state index in [9.17, 15) is 0 Å². The number of hydrogen-bond donors (Lipinski definition) is 1. The summed E-state index contributed by atoms with van der Waals surface area (Å²) in [6.07, 6.45) is 4.58. The van der Waals surface area contributed by atoms with Crippen molar-refractivity contribution < 1.29 is 0 Å². The molecule has 1 aromatic carbocycles. The summed E-state index contributed by atoms with van der Waals surface area (Å²) >= 11 is 0. The maximum Gasteiger partial charge on any atom is 0.136 e. The molecule has 1 aliphatic carbocycles. The van der Waals surface area contributed by atoms with Gasteiger partial charge in [-0.15, -0.1) is 0 Å². The Balaban J connectivity index is 1.75. The van der Waals surface area contributed by atoms with Gasteiger partial charge in [-0.1, -0.05) is 24.3 Å². The molecule has 2 aromatic rings. The van der Waals surface area contributed by atoms with Crippen molar-refractivity contribution in [2.75, 3.05) is 25.0 Å². The minimum Gasteiger partial charge on any atom is -0.358 e. The number of rotatable bonds is 5. The zero-order valence-electron chi connectivity index (χ0n) is 10.8. The first-order chi connectivity index (χ1) is 8.84. The SMILES string of the molecule is CN(CCNC1CC1)c1nccc2ccccc12. The standard InChI is InChI=1S/C15H19N3/c1-18(11-10-16-13-6-7-13)15-14-5-3-2-4-12(14)8-9-17-15/h2-5,8-9,13,16H,6-7,10-11H2,1H3. The molecule has 3 rings (SSSR count). The van der Waals surface area contributed by atoms with Crippen LogP contribution in [0.1, 0.15) is 12.8 Å². The van der Waals surface area contributed by atoms with E-state index in [0.717, 1.165) is 24.9 Å². The van der Waals surface area contributed by atoms with Gasteiger partial charge >= 0.3 is 0 Å². The Hall–Kier alpha value is -1.61. The van der Waals surface area contributed by atoms with Crippen LogP contribution in [-0.2, 0) is 0 Å². The van der Waals surface area contributed by atoms with Crippen molar-refractivity contribution >= 4 is 16.6 Å². The minimum atomic E-state index is 0.777. The highest BCUT2D eigenvalue weighted by Crippen LogP contribution is 2.23. The lowest BCUT2D eigenvalue weighted by molar-refractivity contribution is 0.673. The molecule has 0 unspecified atom stereocenters. The van der Waals surface area contributed by atoms with Gasteiger partial charge in [-0.25, -0.2) is 4.98 Å². The summed E-state index contributed by atoms with van der Waals surface area (Å²) in [4.78, 5) is 6.75. The van der Waals surface area contributed by atoms with Crippen LogP contribution in [0.25, 0.3) is 10.8 Å². The monoisotopic (exact) mass is 241 g/mol.